The number of hydrogen-bond acceptors (Lipinski definition) is 2. The molecule has 0 aromatic rings. The van der Waals surface area contributed by atoms with Crippen molar-refractivity contribution in [2.75, 3.05) is 6.54 Å². The zero-order valence-corrected chi connectivity index (χ0v) is 9.22. The third-order valence-corrected chi connectivity index (χ3v) is 2.55. The molecule has 0 saturated carbocycles. The maximum absolute atomic E-state index is 11.5. The Balaban J connectivity index is 2.91. The van der Waals surface area contributed by atoms with Crippen molar-refractivity contribution in [3.8, 4) is 0 Å². The molecule has 0 bridgehead atoms. The van der Waals surface area contributed by atoms with Crippen molar-refractivity contribution >= 4 is 5.78 Å². The molecule has 0 unspecified atom stereocenters. The Morgan fingerprint density at radius 2 is 2.00 bits per heavy atom. The van der Waals surface area contributed by atoms with Crippen molar-refractivity contribution in [2.24, 2.45) is 0 Å². The maximum Gasteiger partial charge on any atom is 0.172 e. The molecule has 1 rings (SSSR count). The average Bonchev–Trinajstić information content (AvgIpc) is 1.94. The van der Waals surface area contributed by atoms with Crippen LogP contribution in [0.25, 0.3) is 0 Å². The van der Waals surface area contributed by atoms with E-state index in [4.69, 9.17) is 0 Å². The van der Waals surface area contributed by atoms with Crippen molar-refractivity contribution in [1.82, 2.24) is 4.90 Å². The summed E-state index contributed by atoms with van der Waals surface area (Å²) >= 11 is 0. The lowest BCUT2D eigenvalue weighted by atomic mass is 9.96. The highest BCUT2D eigenvalue weighted by atomic mass is 16.1. The quantitative estimate of drug-likeness (QED) is 0.569. The minimum absolute atomic E-state index is 0.0312. The fourth-order valence-corrected chi connectivity index (χ4v) is 1.79. The van der Waals surface area contributed by atoms with Crippen LogP contribution in [0.2, 0.25) is 0 Å². The summed E-state index contributed by atoms with van der Waals surface area (Å²) < 4.78 is 0. The second-order valence-corrected chi connectivity index (χ2v) is 4.87. The van der Waals surface area contributed by atoms with Gasteiger partial charge in [0.2, 0.25) is 0 Å². The summed E-state index contributed by atoms with van der Waals surface area (Å²) in [6.07, 6.45) is 1.77. The van der Waals surface area contributed by atoms with Gasteiger partial charge in [-0.1, -0.05) is 5.57 Å². The topological polar surface area (TPSA) is 20.3 Å². The van der Waals surface area contributed by atoms with Crippen LogP contribution in [0.15, 0.2) is 11.6 Å². The maximum atomic E-state index is 11.5. The second-order valence-electron chi connectivity index (χ2n) is 4.87. The summed E-state index contributed by atoms with van der Waals surface area (Å²) in [4.78, 5) is 13.8. The van der Waals surface area contributed by atoms with Crippen molar-refractivity contribution in [2.45, 2.75) is 46.2 Å². The first-order valence-corrected chi connectivity index (χ1v) is 4.80. The fourth-order valence-electron chi connectivity index (χ4n) is 1.79. The van der Waals surface area contributed by atoms with Crippen molar-refractivity contribution < 1.29 is 4.79 Å². The molecule has 0 N–H and O–H groups in total. The molecule has 2 heteroatoms. The van der Waals surface area contributed by atoms with E-state index in [9.17, 15) is 4.79 Å². The first-order valence-electron chi connectivity index (χ1n) is 4.80. The highest BCUT2D eigenvalue weighted by Gasteiger charge is 2.32. The van der Waals surface area contributed by atoms with Crippen LogP contribution in [-0.2, 0) is 4.79 Å². The van der Waals surface area contributed by atoms with Crippen LogP contribution < -0.4 is 0 Å². The summed E-state index contributed by atoms with van der Waals surface area (Å²) in [5.41, 5.74) is 1.24. The van der Waals surface area contributed by atoms with E-state index in [1.54, 1.807) is 6.08 Å². The molecule has 0 aromatic heterocycles. The SMILES string of the molecule is CC1=CC(=O)[C@H](C)N(C(C)(C)C)C1. The van der Waals surface area contributed by atoms with Crippen molar-refractivity contribution in [1.29, 1.82) is 0 Å². The highest BCUT2D eigenvalue weighted by molar-refractivity contribution is 5.95. The van der Waals surface area contributed by atoms with Gasteiger partial charge in [0, 0.05) is 12.1 Å². The number of hydrogen-bond donors (Lipinski definition) is 0. The number of carbonyl (C=O) groups excluding carboxylic acids is 1. The average molecular weight is 181 g/mol. The van der Waals surface area contributed by atoms with Crippen LogP contribution in [0.4, 0.5) is 0 Å². The molecule has 2 nitrogen and oxygen atoms in total. The Labute approximate surface area is 80.6 Å². The van der Waals surface area contributed by atoms with Gasteiger partial charge >= 0.3 is 0 Å². The smallest absolute Gasteiger partial charge is 0.172 e. The van der Waals surface area contributed by atoms with Gasteiger partial charge in [0.1, 0.15) is 0 Å². The van der Waals surface area contributed by atoms with Gasteiger partial charge in [-0.2, -0.15) is 0 Å². The monoisotopic (exact) mass is 181 g/mol. The molecule has 13 heavy (non-hydrogen) atoms. The summed E-state index contributed by atoms with van der Waals surface area (Å²) in [7, 11) is 0. The van der Waals surface area contributed by atoms with Crippen LogP contribution in [0, 0.1) is 0 Å². The lowest BCUT2D eigenvalue weighted by Crippen LogP contribution is -2.52. The number of ketones is 1. The van der Waals surface area contributed by atoms with Crippen LogP contribution in [0.3, 0.4) is 0 Å². The van der Waals surface area contributed by atoms with E-state index in [-0.39, 0.29) is 17.4 Å². The summed E-state index contributed by atoms with van der Waals surface area (Å²) in [6, 6.07) is 0.0312. The first-order chi connectivity index (χ1) is 5.82. The minimum atomic E-state index is 0.0312. The largest absolute Gasteiger partial charge is 0.293 e. The molecule has 1 atom stereocenters. The van der Waals surface area contributed by atoms with E-state index in [2.05, 4.69) is 25.7 Å². The molecule has 0 amide bonds. The van der Waals surface area contributed by atoms with Crippen LogP contribution in [0.5, 0.6) is 0 Å². The molecular formula is C11H19NO. The Morgan fingerprint density at radius 1 is 1.46 bits per heavy atom. The molecular weight excluding hydrogens is 162 g/mol. The van der Waals surface area contributed by atoms with E-state index in [0.29, 0.717) is 0 Å². The third kappa shape index (κ3) is 2.19. The Hall–Kier alpha value is -0.630. The lowest BCUT2D eigenvalue weighted by molar-refractivity contribution is -0.121. The van der Waals surface area contributed by atoms with Gasteiger partial charge in [0.25, 0.3) is 0 Å². The minimum Gasteiger partial charge on any atom is -0.293 e. The molecule has 0 spiro atoms. The molecule has 0 saturated heterocycles. The van der Waals surface area contributed by atoms with Crippen LogP contribution >= 0.6 is 0 Å². The molecule has 0 radical (unpaired) electrons. The normalized spacial score (nSPS) is 26.1. The predicted octanol–water partition coefficient (Wildman–Crippen LogP) is 2.00. The van der Waals surface area contributed by atoms with E-state index in [1.807, 2.05) is 13.8 Å². The van der Waals surface area contributed by atoms with E-state index in [1.165, 1.54) is 0 Å². The van der Waals surface area contributed by atoms with E-state index >= 15 is 0 Å². The Morgan fingerprint density at radius 3 is 2.46 bits per heavy atom. The standard InChI is InChI=1S/C11H19NO/c1-8-6-10(13)9(2)12(7-8)11(3,4)5/h6,9H,7H2,1-5H3/t9-/m0/s1. The summed E-state index contributed by atoms with van der Waals surface area (Å²) in [5.74, 6) is 0.235. The predicted molar refractivity (Wildman–Crippen MR) is 54.7 cm³/mol. The summed E-state index contributed by atoms with van der Waals surface area (Å²) in [5, 5.41) is 0. The Bertz CT molecular complexity index is 247. The molecule has 0 aliphatic carbocycles. The van der Waals surface area contributed by atoms with Gasteiger partial charge in [0.15, 0.2) is 5.78 Å². The number of carbonyl (C=O) groups is 1. The van der Waals surface area contributed by atoms with Crippen molar-refractivity contribution in [3.05, 3.63) is 11.6 Å². The van der Waals surface area contributed by atoms with Gasteiger partial charge in [-0.3, -0.25) is 9.69 Å². The Kier molecular flexibility index (Phi) is 2.62. The van der Waals surface area contributed by atoms with Gasteiger partial charge in [0.05, 0.1) is 6.04 Å². The molecule has 1 aliphatic heterocycles. The fraction of sp³-hybridized carbons (Fsp3) is 0.727. The zero-order valence-electron chi connectivity index (χ0n) is 9.22. The van der Waals surface area contributed by atoms with E-state index in [0.717, 1.165) is 12.1 Å². The van der Waals surface area contributed by atoms with Gasteiger partial charge < -0.3 is 0 Å². The van der Waals surface area contributed by atoms with Gasteiger partial charge in [-0.05, 0) is 40.7 Å². The van der Waals surface area contributed by atoms with Crippen LogP contribution in [0.1, 0.15) is 34.6 Å². The molecule has 0 aromatic carbocycles. The number of nitrogens with zero attached hydrogens (tertiary/aromatic N) is 1. The first kappa shape index (κ1) is 10.5. The zero-order chi connectivity index (χ0) is 10.2. The van der Waals surface area contributed by atoms with Crippen molar-refractivity contribution in [3.63, 3.8) is 0 Å². The third-order valence-electron chi connectivity index (χ3n) is 2.55. The van der Waals surface area contributed by atoms with Gasteiger partial charge in [-0.15, -0.1) is 0 Å². The van der Waals surface area contributed by atoms with Crippen LogP contribution in [-0.4, -0.2) is 28.8 Å². The van der Waals surface area contributed by atoms with Gasteiger partial charge in [-0.25, -0.2) is 0 Å². The number of rotatable bonds is 0. The summed E-state index contributed by atoms with van der Waals surface area (Å²) in [6.45, 7) is 11.4. The second kappa shape index (κ2) is 3.26. The highest BCUT2D eigenvalue weighted by Crippen LogP contribution is 2.22. The molecule has 1 heterocycles. The molecule has 0 fully saturated rings. The van der Waals surface area contributed by atoms with E-state index < -0.39 is 0 Å². The molecule has 74 valence electrons. The lowest BCUT2D eigenvalue weighted by Gasteiger charge is -2.41. The molecule has 1 aliphatic rings.